The quantitative estimate of drug-likeness (QED) is 0.681. The summed E-state index contributed by atoms with van der Waals surface area (Å²) in [5, 5.41) is 3.14. The molecule has 0 aromatic heterocycles. The Kier molecular flexibility index (Phi) is 7.05. The Hall–Kier alpha value is -2.57. The van der Waals surface area contributed by atoms with E-state index in [1.54, 1.807) is 52.1 Å². The molecule has 0 amide bonds. The van der Waals surface area contributed by atoms with Gasteiger partial charge in [0.1, 0.15) is 17.6 Å². The fraction of sp³-hybridized carbons (Fsp3) is 0.571. The zero-order valence-corrected chi connectivity index (χ0v) is 17.1. The molecule has 0 bridgehead atoms. The molecule has 0 saturated heterocycles. The molecular formula is C21H29NO6. The summed E-state index contributed by atoms with van der Waals surface area (Å²) in [5.74, 6) is -1.31. The summed E-state index contributed by atoms with van der Waals surface area (Å²) in [5.41, 5.74) is -0.245. The molecule has 0 unspecified atom stereocenters. The Morgan fingerprint density at radius 2 is 1.86 bits per heavy atom. The van der Waals surface area contributed by atoms with Crippen LogP contribution in [0, 0.1) is 17.3 Å². The first kappa shape index (κ1) is 21.7. The number of Topliss-reactive ketones (excluding diaryl/α,β-unsaturated/α-hetero) is 1. The van der Waals surface area contributed by atoms with Crippen LogP contribution in [0.15, 0.2) is 24.3 Å². The number of ether oxygens (including phenoxy) is 3. The molecule has 28 heavy (non-hydrogen) atoms. The number of ketones is 1. The predicted molar refractivity (Wildman–Crippen MR) is 104 cm³/mol. The molecule has 0 radical (unpaired) electrons. The van der Waals surface area contributed by atoms with Gasteiger partial charge in [-0.25, -0.2) is 4.79 Å². The predicted octanol–water partition coefficient (Wildman–Crippen LogP) is 2.83. The molecule has 1 saturated carbocycles. The second-order valence-electron chi connectivity index (χ2n) is 7.45. The van der Waals surface area contributed by atoms with E-state index in [0.29, 0.717) is 24.3 Å². The zero-order chi connectivity index (χ0) is 20.9. The molecule has 0 heterocycles. The highest BCUT2D eigenvalue weighted by Gasteiger charge is 2.52. The van der Waals surface area contributed by atoms with Crippen LogP contribution in [0.2, 0.25) is 0 Å². The van der Waals surface area contributed by atoms with Crippen molar-refractivity contribution in [3.63, 3.8) is 0 Å². The molecule has 2 rings (SSSR count). The van der Waals surface area contributed by atoms with Crippen LogP contribution in [-0.2, 0) is 23.9 Å². The zero-order valence-electron chi connectivity index (χ0n) is 17.1. The SMILES string of the molecule is CCOC(=O)[C@H](Nc1ccc(OC)cc1)[C@H]1C(=O)CC[C@@H]1C(C)(C)C(=O)OC. The van der Waals surface area contributed by atoms with Gasteiger partial charge in [-0.2, -0.15) is 0 Å². The normalized spacial score (nSPS) is 20.4. The first-order valence-corrected chi connectivity index (χ1v) is 9.44. The standard InChI is InChI=1S/C21H29NO6/c1-6-28-19(24)18(22-13-7-9-14(26-4)10-8-13)17-15(11-12-16(17)23)21(2,3)20(25)27-5/h7-10,15,17-18,22H,6,11-12H2,1-5H3/t15-,17+,18+/m0/s1. The van der Waals surface area contributed by atoms with Crippen LogP contribution < -0.4 is 10.1 Å². The summed E-state index contributed by atoms with van der Waals surface area (Å²) in [6.45, 7) is 5.43. The van der Waals surface area contributed by atoms with Crippen LogP contribution in [0.5, 0.6) is 5.75 Å². The number of carbonyl (C=O) groups is 3. The smallest absolute Gasteiger partial charge is 0.329 e. The van der Waals surface area contributed by atoms with Gasteiger partial charge < -0.3 is 19.5 Å². The van der Waals surface area contributed by atoms with E-state index in [4.69, 9.17) is 14.2 Å². The van der Waals surface area contributed by atoms with Crippen molar-refractivity contribution >= 4 is 23.4 Å². The highest BCUT2D eigenvalue weighted by atomic mass is 16.5. The van der Waals surface area contributed by atoms with E-state index < -0.39 is 29.3 Å². The Bertz CT molecular complexity index is 712. The Morgan fingerprint density at radius 3 is 2.39 bits per heavy atom. The minimum atomic E-state index is -0.905. The summed E-state index contributed by atoms with van der Waals surface area (Å²) in [6.07, 6.45) is 0.835. The number of benzene rings is 1. The molecular weight excluding hydrogens is 362 g/mol. The van der Waals surface area contributed by atoms with Crippen LogP contribution in [0.25, 0.3) is 0 Å². The lowest BCUT2D eigenvalue weighted by Crippen LogP contribution is -2.48. The van der Waals surface area contributed by atoms with Crippen molar-refractivity contribution in [1.82, 2.24) is 0 Å². The van der Waals surface area contributed by atoms with E-state index >= 15 is 0 Å². The van der Waals surface area contributed by atoms with Crippen molar-refractivity contribution < 1.29 is 28.6 Å². The molecule has 0 spiro atoms. The number of esters is 2. The first-order chi connectivity index (χ1) is 13.3. The summed E-state index contributed by atoms with van der Waals surface area (Å²) in [6, 6.07) is 6.17. The molecule has 7 nitrogen and oxygen atoms in total. The first-order valence-electron chi connectivity index (χ1n) is 9.44. The highest BCUT2D eigenvalue weighted by molar-refractivity contribution is 5.93. The minimum Gasteiger partial charge on any atom is -0.497 e. The average molecular weight is 391 g/mol. The second kappa shape index (κ2) is 9.08. The number of methoxy groups -OCH3 is 2. The van der Waals surface area contributed by atoms with E-state index in [-0.39, 0.29) is 18.3 Å². The van der Waals surface area contributed by atoms with Gasteiger partial charge in [0, 0.05) is 12.1 Å². The van der Waals surface area contributed by atoms with Gasteiger partial charge in [-0.1, -0.05) is 0 Å². The van der Waals surface area contributed by atoms with E-state index in [2.05, 4.69) is 5.32 Å². The summed E-state index contributed by atoms with van der Waals surface area (Å²) >= 11 is 0. The van der Waals surface area contributed by atoms with Crippen LogP contribution in [0.4, 0.5) is 5.69 Å². The van der Waals surface area contributed by atoms with Crippen LogP contribution in [0.3, 0.4) is 0 Å². The van der Waals surface area contributed by atoms with Crippen molar-refractivity contribution in [2.24, 2.45) is 17.3 Å². The maximum absolute atomic E-state index is 12.8. The molecule has 1 N–H and O–H groups in total. The Balaban J connectivity index is 2.37. The van der Waals surface area contributed by atoms with Crippen molar-refractivity contribution in [1.29, 1.82) is 0 Å². The molecule has 1 aliphatic carbocycles. The third-order valence-electron chi connectivity index (χ3n) is 5.46. The van der Waals surface area contributed by atoms with Gasteiger partial charge in [-0.3, -0.25) is 9.59 Å². The second-order valence-corrected chi connectivity index (χ2v) is 7.45. The van der Waals surface area contributed by atoms with Crippen LogP contribution >= 0.6 is 0 Å². The molecule has 154 valence electrons. The van der Waals surface area contributed by atoms with Crippen molar-refractivity contribution in [3.8, 4) is 5.75 Å². The third kappa shape index (κ3) is 4.46. The number of carbonyl (C=O) groups excluding carboxylic acids is 3. The lowest BCUT2D eigenvalue weighted by atomic mass is 9.70. The fourth-order valence-electron chi connectivity index (χ4n) is 3.90. The van der Waals surface area contributed by atoms with E-state index in [1.165, 1.54) is 7.11 Å². The topological polar surface area (TPSA) is 90.9 Å². The largest absolute Gasteiger partial charge is 0.497 e. The fourth-order valence-corrected chi connectivity index (χ4v) is 3.90. The number of nitrogens with one attached hydrogen (secondary N) is 1. The van der Waals surface area contributed by atoms with Crippen LogP contribution in [0.1, 0.15) is 33.6 Å². The molecule has 1 aliphatic rings. The van der Waals surface area contributed by atoms with Crippen molar-refractivity contribution in [2.45, 2.75) is 39.7 Å². The minimum absolute atomic E-state index is 0.0546. The molecule has 0 aliphatic heterocycles. The van der Waals surface area contributed by atoms with Gasteiger partial charge in [0.05, 0.1) is 32.2 Å². The highest BCUT2D eigenvalue weighted by Crippen LogP contribution is 2.45. The number of hydrogen-bond acceptors (Lipinski definition) is 7. The van der Waals surface area contributed by atoms with Gasteiger partial charge >= 0.3 is 11.9 Å². The molecule has 1 aromatic carbocycles. The van der Waals surface area contributed by atoms with E-state index in [0.717, 1.165) is 0 Å². The van der Waals surface area contributed by atoms with Crippen molar-refractivity contribution in [2.75, 3.05) is 26.1 Å². The van der Waals surface area contributed by atoms with Crippen LogP contribution in [-0.4, -0.2) is 44.6 Å². The van der Waals surface area contributed by atoms with Gasteiger partial charge in [-0.05, 0) is 57.4 Å². The maximum atomic E-state index is 12.8. The van der Waals surface area contributed by atoms with Crippen molar-refractivity contribution in [3.05, 3.63) is 24.3 Å². The molecule has 1 aromatic rings. The van der Waals surface area contributed by atoms with Gasteiger partial charge in [-0.15, -0.1) is 0 Å². The van der Waals surface area contributed by atoms with Gasteiger partial charge in [0.2, 0.25) is 0 Å². The summed E-state index contributed by atoms with van der Waals surface area (Å²) in [7, 11) is 2.90. The Labute approximate surface area is 165 Å². The Morgan fingerprint density at radius 1 is 1.21 bits per heavy atom. The lowest BCUT2D eigenvalue weighted by Gasteiger charge is -2.35. The monoisotopic (exact) mass is 391 g/mol. The van der Waals surface area contributed by atoms with Gasteiger partial charge in [0.15, 0.2) is 0 Å². The van der Waals surface area contributed by atoms with E-state index in [9.17, 15) is 14.4 Å². The summed E-state index contributed by atoms with van der Waals surface area (Å²) in [4.78, 5) is 37.8. The third-order valence-corrected chi connectivity index (χ3v) is 5.46. The average Bonchev–Trinajstić information content (AvgIpc) is 3.07. The number of hydrogen-bond donors (Lipinski definition) is 1. The summed E-state index contributed by atoms with van der Waals surface area (Å²) < 4.78 is 15.3. The maximum Gasteiger partial charge on any atom is 0.329 e. The molecule has 3 atom stereocenters. The van der Waals surface area contributed by atoms with E-state index in [1.807, 2.05) is 0 Å². The number of rotatable bonds is 8. The number of anilines is 1. The van der Waals surface area contributed by atoms with Gasteiger partial charge in [0.25, 0.3) is 0 Å². The molecule has 7 heteroatoms. The lowest BCUT2D eigenvalue weighted by molar-refractivity contribution is -0.157. The molecule has 1 fully saturated rings.